The van der Waals surface area contributed by atoms with Crippen molar-refractivity contribution < 1.29 is 4.74 Å². The molecule has 1 aliphatic carbocycles. The Hall–Kier alpha value is -0.360. The number of nitrogens with zero attached hydrogens (tertiary/aromatic N) is 2. The van der Waals surface area contributed by atoms with Crippen LogP contribution in [0, 0.1) is 5.41 Å². The molecule has 0 radical (unpaired) electrons. The number of aromatic nitrogens is 1. The molecular formula is C13H24ClN3OS. The molecule has 1 heterocycles. The second-order valence-electron chi connectivity index (χ2n) is 5.60. The molecule has 2 N–H and O–H groups in total. The SMILES string of the molecule is CCOC1CC(N(C)Cc2cnc(N)s2)C1(C)C.Cl. The number of halogens is 1. The average molecular weight is 306 g/mol. The second kappa shape index (κ2) is 6.39. The lowest BCUT2D eigenvalue weighted by Crippen LogP contribution is -2.60. The van der Waals surface area contributed by atoms with Crippen molar-refractivity contribution >= 4 is 28.9 Å². The monoisotopic (exact) mass is 305 g/mol. The van der Waals surface area contributed by atoms with Gasteiger partial charge in [0.15, 0.2) is 5.13 Å². The summed E-state index contributed by atoms with van der Waals surface area (Å²) in [6, 6.07) is 0.567. The molecule has 1 fully saturated rings. The highest BCUT2D eigenvalue weighted by Crippen LogP contribution is 2.45. The highest BCUT2D eigenvalue weighted by molar-refractivity contribution is 7.15. The van der Waals surface area contributed by atoms with Crippen LogP contribution in [0.4, 0.5) is 5.13 Å². The van der Waals surface area contributed by atoms with Gasteiger partial charge in [0.1, 0.15) is 0 Å². The van der Waals surface area contributed by atoms with E-state index in [-0.39, 0.29) is 17.8 Å². The summed E-state index contributed by atoms with van der Waals surface area (Å²) in [5.41, 5.74) is 5.88. The molecule has 1 aromatic heterocycles. The lowest BCUT2D eigenvalue weighted by molar-refractivity contribution is -0.146. The first-order chi connectivity index (χ1) is 8.45. The van der Waals surface area contributed by atoms with Crippen LogP contribution in [0.2, 0.25) is 0 Å². The van der Waals surface area contributed by atoms with Gasteiger partial charge in [-0.1, -0.05) is 13.8 Å². The molecule has 0 aliphatic heterocycles. The summed E-state index contributed by atoms with van der Waals surface area (Å²) >= 11 is 1.57. The molecule has 1 saturated carbocycles. The second-order valence-corrected chi connectivity index (χ2v) is 6.74. The molecule has 0 spiro atoms. The maximum absolute atomic E-state index is 5.77. The van der Waals surface area contributed by atoms with Gasteiger partial charge in [0.05, 0.1) is 6.10 Å². The highest BCUT2D eigenvalue weighted by Gasteiger charge is 2.50. The first-order valence-corrected chi connectivity index (χ1v) is 7.28. The van der Waals surface area contributed by atoms with E-state index >= 15 is 0 Å². The van der Waals surface area contributed by atoms with Gasteiger partial charge in [0.25, 0.3) is 0 Å². The normalized spacial score (nSPS) is 24.9. The number of ether oxygens (including phenoxy) is 1. The zero-order valence-electron chi connectivity index (χ0n) is 12.0. The number of anilines is 1. The van der Waals surface area contributed by atoms with Crippen LogP contribution >= 0.6 is 23.7 Å². The Kier molecular flexibility index (Phi) is 5.62. The molecule has 2 unspecified atom stereocenters. The smallest absolute Gasteiger partial charge is 0.180 e. The van der Waals surface area contributed by atoms with E-state index in [4.69, 9.17) is 10.5 Å². The topological polar surface area (TPSA) is 51.4 Å². The summed E-state index contributed by atoms with van der Waals surface area (Å²) in [5, 5.41) is 0.651. The van der Waals surface area contributed by atoms with E-state index in [1.807, 2.05) is 6.20 Å². The zero-order chi connectivity index (χ0) is 13.3. The van der Waals surface area contributed by atoms with Gasteiger partial charge >= 0.3 is 0 Å². The summed E-state index contributed by atoms with van der Waals surface area (Å²) in [6.07, 6.45) is 3.38. The van der Waals surface area contributed by atoms with E-state index in [0.29, 0.717) is 17.3 Å². The first kappa shape index (κ1) is 16.7. The Bertz CT molecular complexity index is 410. The van der Waals surface area contributed by atoms with Gasteiger partial charge in [-0.15, -0.1) is 23.7 Å². The predicted octanol–water partition coefficient (Wildman–Crippen LogP) is 2.78. The zero-order valence-corrected chi connectivity index (χ0v) is 13.7. The number of hydrogen-bond donors (Lipinski definition) is 1. The molecule has 1 aliphatic rings. The van der Waals surface area contributed by atoms with E-state index in [2.05, 4.69) is 37.7 Å². The summed E-state index contributed by atoms with van der Waals surface area (Å²) in [4.78, 5) is 7.72. The summed E-state index contributed by atoms with van der Waals surface area (Å²) in [6.45, 7) is 8.36. The largest absolute Gasteiger partial charge is 0.378 e. The molecule has 0 saturated heterocycles. The lowest BCUT2D eigenvalue weighted by atomic mass is 9.64. The molecule has 0 amide bonds. The quantitative estimate of drug-likeness (QED) is 0.909. The van der Waals surface area contributed by atoms with Crippen molar-refractivity contribution in [2.75, 3.05) is 19.4 Å². The maximum atomic E-state index is 5.77. The van der Waals surface area contributed by atoms with Gasteiger partial charge in [-0.3, -0.25) is 4.90 Å². The van der Waals surface area contributed by atoms with Gasteiger partial charge in [-0.25, -0.2) is 4.98 Å². The van der Waals surface area contributed by atoms with E-state index < -0.39 is 0 Å². The van der Waals surface area contributed by atoms with Crippen LogP contribution in [0.1, 0.15) is 32.1 Å². The van der Waals surface area contributed by atoms with Crippen molar-refractivity contribution in [1.29, 1.82) is 0 Å². The van der Waals surface area contributed by atoms with Crippen LogP contribution < -0.4 is 5.73 Å². The van der Waals surface area contributed by atoms with E-state index in [1.165, 1.54) is 4.88 Å². The number of thiazole rings is 1. The summed E-state index contributed by atoms with van der Waals surface area (Å²) < 4.78 is 5.77. The Morgan fingerprint density at radius 2 is 2.26 bits per heavy atom. The average Bonchev–Trinajstić information content (AvgIpc) is 2.69. The Morgan fingerprint density at radius 1 is 1.58 bits per heavy atom. The number of nitrogen functional groups attached to an aromatic ring is 1. The van der Waals surface area contributed by atoms with Crippen molar-refractivity contribution in [3.8, 4) is 0 Å². The Labute approximate surface area is 125 Å². The lowest BCUT2D eigenvalue weighted by Gasteiger charge is -2.55. The van der Waals surface area contributed by atoms with Crippen LogP contribution in [0.15, 0.2) is 6.20 Å². The van der Waals surface area contributed by atoms with Gasteiger partial charge in [0.2, 0.25) is 0 Å². The van der Waals surface area contributed by atoms with Crippen molar-refractivity contribution in [2.45, 2.75) is 45.9 Å². The molecule has 2 rings (SSSR count). The third-order valence-electron chi connectivity index (χ3n) is 4.00. The van der Waals surface area contributed by atoms with Crippen LogP contribution in [0.5, 0.6) is 0 Å². The molecule has 2 atom stereocenters. The van der Waals surface area contributed by atoms with E-state index in [1.54, 1.807) is 11.3 Å². The van der Waals surface area contributed by atoms with Crippen LogP contribution in [0.25, 0.3) is 0 Å². The number of rotatable bonds is 5. The molecule has 0 aromatic carbocycles. The third-order valence-corrected chi connectivity index (χ3v) is 4.81. The molecule has 6 heteroatoms. The molecule has 19 heavy (non-hydrogen) atoms. The number of nitrogens with two attached hydrogens (primary N) is 1. The summed E-state index contributed by atoms with van der Waals surface area (Å²) in [7, 11) is 2.17. The van der Waals surface area contributed by atoms with Gasteiger partial charge in [-0.2, -0.15) is 0 Å². The van der Waals surface area contributed by atoms with Gasteiger partial charge in [-0.05, 0) is 20.4 Å². The van der Waals surface area contributed by atoms with Crippen molar-refractivity contribution in [2.24, 2.45) is 5.41 Å². The minimum absolute atomic E-state index is 0. The van der Waals surface area contributed by atoms with Gasteiger partial charge in [0, 0.05) is 35.7 Å². The fourth-order valence-corrected chi connectivity index (χ4v) is 3.60. The Morgan fingerprint density at radius 3 is 2.74 bits per heavy atom. The van der Waals surface area contributed by atoms with Crippen LogP contribution in [-0.2, 0) is 11.3 Å². The fraction of sp³-hybridized carbons (Fsp3) is 0.769. The van der Waals surface area contributed by atoms with E-state index in [9.17, 15) is 0 Å². The van der Waals surface area contributed by atoms with Crippen LogP contribution in [-0.4, -0.2) is 35.7 Å². The number of hydrogen-bond acceptors (Lipinski definition) is 5. The molecule has 110 valence electrons. The van der Waals surface area contributed by atoms with Crippen molar-refractivity contribution in [3.05, 3.63) is 11.1 Å². The minimum atomic E-state index is 0. The van der Waals surface area contributed by atoms with E-state index in [0.717, 1.165) is 19.6 Å². The molecule has 1 aromatic rings. The molecule has 4 nitrogen and oxygen atoms in total. The first-order valence-electron chi connectivity index (χ1n) is 6.47. The standard InChI is InChI=1S/C13H23N3OS.ClH/c1-5-17-11-6-10(13(11,2)3)16(4)8-9-7-15-12(14)18-9;/h7,10-11H,5-6,8H2,1-4H3,(H2,14,15);1H. The van der Waals surface area contributed by atoms with Crippen LogP contribution in [0.3, 0.4) is 0 Å². The fourth-order valence-electron chi connectivity index (χ4n) is 2.85. The molecule has 0 bridgehead atoms. The predicted molar refractivity (Wildman–Crippen MR) is 82.8 cm³/mol. The van der Waals surface area contributed by atoms with Crippen molar-refractivity contribution in [3.63, 3.8) is 0 Å². The third kappa shape index (κ3) is 3.40. The summed E-state index contributed by atoms with van der Waals surface area (Å²) in [5.74, 6) is 0. The van der Waals surface area contributed by atoms with Crippen molar-refractivity contribution in [1.82, 2.24) is 9.88 Å². The minimum Gasteiger partial charge on any atom is -0.378 e. The Balaban J connectivity index is 0.00000180. The highest BCUT2D eigenvalue weighted by atomic mass is 35.5. The maximum Gasteiger partial charge on any atom is 0.180 e. The van der Waals surface area contributed by atoms with Gasteiger partial charge < -0.3 is 10.5 Å². The molecular weight excluding hydrogens is 282 g/mol.